The smallest absolute Gasteiger partial charge is 0.168 e. The number of pyridine rings is 1. The first kappa shape index (κ1) is 22.7. The summed E-state index contributed by atoms with van der Waals surface area (Å²) in [6.45, 7) is 0. The van der Waals surface area contributed by atoms with Crippen LogP contribution in [0.5, 0.6) is 0 Å². The maximum Gasteiger partial charge on any atom is 0.168 e. The number of fused-ring (bicyclic) bond motifs is 2. The molecule has 0 aliphatic rings. The third-order valence-electron chi connectivity index (χ3n) is 6.62. The fraction of sp³-hybridized carbons (Fsp3) is 0.0333. The Hall–Kier alpha value is -5.44. The summed E-state index contributed by atoms with van der Waals surface area (Å²) in [4.78, 5) is 22.4. The van der Waals surface area contributed by atoms with E-state index < -0.39 is 0 Å². The van der Waals surface area contributed by atoms with Gasteiger partial charge in [-0.05, 0) is 60.2 Å². The van der Waals surface area contributed by atoms with E-state index in [2.05, 4.69) is 15.2 Å². The Kier molecular flexibility index (Phi) is 5.33. The number of carbonyl (C=O) groups excluding carboxylic acids is 1. The molecule has 39 heavy (non-hydrogen) atoms. The molecule has 0 bridgehead atoms. The lowest BCUT2D eigenvalue weighted by molar-refractivity contribution is 0.0992. The number of ketones is 1. The second kappa shape index (κ2) is 9.14. The van der Waals surface area contributed by atoms with Crippen molar-refractivity contribution in [2.75, 3.05) is 0 Å². The molecule has 0 amide bonds. The number of nitrogens with one attached hydrogen (secondary N) is 1. The fourth-order valence-corrected chi connectivity index (χ4v) is 4.71. The van der Waals surface area contributed by atoms with Crippen LogP contribution < -0.4 is 0 Å². The summed E-state index contributed by atoms with van der Waals surface area (Å²) in [5, 5.41) is 11.7. The molecule has 0 spiro atoms. The summed E-state index contributed by atoms with van der Waals surface area (Å²) in [7, 11) is 0. The number of nitrogens with zero attached hydrogens (tertiary/aromatic N) is 6. The summed E-state index contributed by atoms with van der Waals surface area (Å²) in [5.41, 5.74) is 7.41. The fourth-order valence-electron chi connectivity index (χ4n) is 4.71. The van der Waals surface area contributed by atoms with Crippen molar-refractivity contribution in [3.05, 3.63) is 121 Å². The molecule has 5 aromatic heterocycles. The van der Waals surface area contributed by atoms with Gasteiger partial charge in [-0.2, -0.15) is 10.2 Å². The normalized spacial score (nSPS) is 11.4. The lowest BCUT2D eigenvalue weighted by Gasteiger charge is -2.05. The van der Waals surface area contributed by atoms with Gasteiger partial charge in [0.05, 0.1) is 29.7 Å². The van der Waals surface area contributed by atoms with Crippen LogP contribution in [-0.2, 0) is 6.42 Å². The second-order valence-corrected chi connectivity index (χ2v) is 9.15. The van der Waals surface area contributed by atoms with Gasteiger partial charge in [0.15, 0.2) is 11.4 Å². The Morgan fingerprint density at radius 1 is 0.846 bits per heavy atom. The number of carbonyl (C=O) groups is 1. The molecule has 0 saturated carbocycles. The van der Waals surface area contributed by atoms with Crippen molar-refractivity contribution in [3.63, 3.8) is 0 Å². The molecule has 9 heteroatoms. The van der Waals surface area contributed by atoms with Crippen LogP contribution in [-0.4, -0.2) is 40.0 Å². The van der Waals surface area contributed by atoms with E-state index >= 15 is 0 Å². The van der Waals surface area contributed by atoms with Crippen LogP contribution in [0.1, 0.15) is 16.1 Å². The third kappa shape index (κ3) is 4.15. The van der Waals surface area contributed by atoms with E-state index in [0.717, 1.165) is 28.2 Å². The molecule has 0 aliphatic heterocycles. The first-order valence-corrected chi connectivity index (χ1v) is 12.3. The summed E-state index contributed by atoms with van der Waals surface area (Å²) < 4.78 is 17.2. The highest BCUT2D eigenvalue weighted by Crippen LogP contribution is 2.32. The van der Waals surface area contributed by atoms with Crippen molar-refractivity contribution in [3.8, 4) is 33.9 Å². The molecule has 0 fully saturated rings. The summed E-state index contributed by atoms with van der Waals surface area (Å²) >= 11 is 0. The Morgan fingerprint density at radius 2 is 1.67 bits per heavy atom. The number of H-pyrrole nitrogens is 1. The number of aromatic amines is 1. The van der Waals surface area contributed by atoms with Gasteiger partial charge < -0.3 is 0 Å². The van der Waals surface area contributed by atoms with Gasteiger partial charge in [-0.1, -0.05) is 30.3 Å². The highest BCUT2D eigenvalue weighted by Gasteiger charge is 2.18. The predicted molar refractivity (Wildman–Crippen MR) is 145 cm³/mol. The van der Waals surface area contributed by atoms with Gasteiger partial charge in [-0.3, -0.25) is 14.3 Å². The maximum atomic E-state index is 13.6. The summed E-state index contributed by atoms with van der Waals surface area (Å²) in [6, 6.07) is 25.1. The first-order chi connectivity index (χ1) is 19.1. The topological polar surface area (TPSA) is 93.2 Å². The zero-order chi connectivity index (χ0) is 26.3. The summed E-state index contributed by atoms with van der Waals surface area (Å²) in [6.07, 6.45) is 5.54. The van der Waals surface area contributed by atoms with Crippen molar-refractivity contribution < 1.29 is 9.18 Å². The molecule has 7 rings (SSSR count). The third-order valence-corrected chi connectivity index (χ3v) is 6.62. The van der Waals surface area contributed by atoms with E-state index in [0.29, 0.717) is 28.3 Å². The number of halogens is 1. The predicted octanol–water partition coefficient (Wildman–Crippen LogP) is 5.67. The van der Waals surface area contributed by atoms with E-state index in [9.17, 15) is 9.18 Å². The number of aromatic nitrogens is 7. The highest BCUT2D eigenvalue weighted by molar-refractivity contribution is 5.97. The van der Waals surface area contributed by atoms with E-state index in [4.69, 9.17) is 10.1 Å². The molecular formula is C30H20FN7O. The van der Waals surface area contributed by atoms with Gasteiger partial charge in [0.25, 0.3) is 0 Å². The molecular weight excluding hydrogens is 493 g/mol. The Bertz CT molecular complexity index is 1950. The van der Waals surface area contributed by atoms with Crippen molar-refractivity contribution >= 4 is 17.1 Å². The van der Waals surface area contributed by atoms with Crippen molar-refractivity contribution in [1.82, 2.24) is 34.2 Å². The first-order valence-electron chi connectivity index (χ1n) is 12.3. The van der Waals surface area contributed by atoms with Gasteiger partial charge in [0, 0.05) is 23.5 Å². The van der Waals surface area contributed by atoms with Gasteiger partial charge in [-0.15, -0.1) is 0 Å². The Morgan fingerprint density at radius 3 is 2.46 bits per heavy atom. The molecule has 0 saturated heterocycles. The molecule has 0 radical (unpaired) electrons. The van der Waals surface area contributed by atoms with Crippen molar-refractivity contribution in [2.24, 2.45) is 0 Å². The van der Waals surface area contributed by atoms with Gasteiger partial charge >= 0.3 is 0 Å². The van der Waals surface area contributed by atoms with E-state index in [-0.39, 0.29) is 18.0 Å². The molecule has 1 N–H and O–H groups in total. The van der Waals surface area contributed by atoms with Gasteiger partial charge in [-0.25, -0.2) is 18.9 Å². The van der Waals surface area contributed by atoms with Crippen LogP contribution in [0.25, 0.3) is 45.2 Å². The molecule has 5 heterocycles. The molecule has 7 aromatic rings. The molecule has 8 nitrogen and oxygen atoms in total. The monoisotopic (exact) mass is 513 g/mol. The van der Waals surface area contributed by atoms with E-state index in [1.165, 1.54) is 12.1 Å². The minimum atomic E-state index is -0.308. The van der Waals surface area contributed by atoms with Crippen LogP contribution in [0.3, 0.4) is 0 Å². The molecule has 188 valence electrons. The minimum Gasteiger partial charge on any atom is -0.298 e. The largest absolute Gasteiger partial charge is 0.298 e. The second-order valence-electron chi connectivity index (χ2n) is 9.15. The lowest BCUT2D eigenvalue weighted by Crippen LogP contribution is -2.03. The standard InChI is InChI=1S/C30H20FN7O/c31-22-10-8-21(9-11-22)29-30(37-16-2-1-3-27(37)34-29)25-12-13-28-33-23(18-38(28)36-25)17-26(39)20-6-4-19(5-7-20)24-14-15-32-35-24/h1-16,18H,17H2,(H,32,35). The van der Waals surface area contributed by atoms with Crippen LogP contribution >= 0.6 is 0 Å². The number of hydrogen-bond donors (Lipinski definition) is 1. The van der Waals surface area contributed by atoms with Crippen LogP contribution in [0.15, 0.2) is 104 Å². The number of hydrogen-bond acceptors (Lipinski definition) is 5. The molecule has 0 aliphatic carbocycles. The van der Waals surface area contributed by atoms with Gasteiger partial charge in [0.2, 0.25) is 0 Å². The average Bonchev–Trinajstić information content (AvgIpc) is 3.71. The van der Waals surface area contributed by atoms with Crippen LogP contribution in [0.2, 0.25) is 0 Å². The number of Topliss-reactive ketones (excluding diaryl/α,β-unsaturated/α-hetero) is 1. The average molecular weight is 514 g/mol. The van der Waals surface area contributed by atoms with E-state index in [1.54, 1.807) is 29.0 Å². The quantitative estimate of drug-likeness (QED) is 0.290. The molecule has 0 unspecified atom stereocenters. The number of rotatable bonds is 6. The Labute approximate surface area is 221 Å². The van der Waals surface area contributed by atoms with Crippen LogP contribution in [0.4, 0.5) is 4.39 Å². The number of imidazole rings is 2. The lowest BCUT2D eigenvalue weighted by atomic mass is 10.0. The molecule has 2 aromatic carbocycles. The van der Waals surface area contributed by atoms with Crippen molar-refractivity contribution in [1.29, 1.82) is 0 Å². The Balaban J connectivity index is 1.21. The highest BCUT2D eigenvalue weighted by atomic mass is 19.1. The maximum absolute atomic E-state index is 13.6. The van der Waals surface area contributed by atoms with Crippen molar-refractivity contribution in [2.45, 2.75) is 6.42 Å². The zero-order valence-electron chi connectivity index (χ0n) is 20.5. The zero-order valence-corrected chi connectivity index (χ0v) is 20.5. The summed E-state index contributed by atoms with van der Waals surface area (Å²) in [5.74, 6) is -0.340. The minimum absolute atomic E-state index is 0.0322. The SMILES string of the molecule is O=C(Cc1cn2nc(-c3c(-c4ccc(F)cc4)nc4ccccn34)ccc2n1)c1ccc(-c2ccn[nH]2)cc1. The molecule has 0 atom stereocenters. The van der Waals surface area contributed by atoms with E-state index in [1.807, 2.05) is 71.3 Å². The van der Waals surface area contributed by atoms with Crippen LogP contribution in [0, 0.1) is 5.82 Å². The van der Waals surface area contributed by atoms with Gasteiger partial charge in [0.1, 0.15) is 22.9 Å². The number of benzene rings is 2.